The van der Waals surface area contributed by atoms with Crippen LogP contribution in [0.25, 0.3) is 11.1 Å². The third-order valence-electron chi connectivity index (χ3n) is 4.82. The van der Waals surface area contributed by atoms with E-state index in [9.17, 15) is 4.79 Å². The Kier molecular flexibility index (Phi) is 4.98. The van der Waals surface area contributed by atoms with Crippen molar-refractivity contribution in [1.29, 1.82) is 0 Å². The van der Waals surface area contributed by atoms with E-state index in [1.54, 1.807) is 18.2 Å². The van der Waals surface area contributed by atoms with Crippen LogP contribution < -0.4 is 5.32 Å². The number of benzene rings is 2. The molecule has 7 heteroatoms. The van der Waals surface area contributed by atoms with Gasteiger partial charge in [-0.2, -0.15) is 4.98 Å². The second kappa shape index (κ2) is 7.41. The number of anilines is 1. The van der Waals surface area contributed by atoms with E-state index in [1.807, 2.05) is 30.0 Å². The lowest BCUT2D eigenvalue weighted by atomic mass is 10.1. The first-order valence-electron chi connectivity index (χ1n) is 8.85. The number of carbonyl (C=O) groups is 1. The first-order valence-corrected chi connectivity index (χ1v) is 9.60. The SMILES string of the molecule is Cc1ccc(Cl)c(C(=O)N2CC[C@H](CNc3nc4ccc(Cl)cc4o3)C2)c1. The van der Waals surface area contributed by atoms with Gasteiger partial charge >= 0.3 is 0 Å². The molecular formula is C20H19Cl2N3O2. The molecular weight excluding hydrogens is 385 g/mol. The number of nitrogens with zero attached hydrogens (tertiary/aromatic N) is 2. The van der Waals surface area contributed by atoms with Crippen LogP contribution in [0.2, 0.25) is 10.0 Å². The Hall–Kier alpha value is -2.24. The Morgan fingerprint density at radius 3 is 3.00 bits per heavy atom. The fourth-order valence-electron chi connectivity index (χ4n) is 3.36. The molecule has 1 aromatic heterocycles. The third-order valence-corrected chi connectivity index (χ3v) is 5.38. The molecule has 0 radical (unpaired) electrons. The fraction of sp³-hybridized carbons (Fsp3) is 0.300. The summed E-state index contributed by atoms with van der Waals surface area (Å²) in [4.78, 5) is 19.0. The van der Waals surface area contributed by atoms with Crippen molar-refractivity contribution in [3.8, 4) is 0 Å². The van der Waals surface area contributed by atoms with Crippen LogP contribution in [-0.2, 0) is 0 Å². The van der Waals surface area contributed by atoms with E-state index in [0.29, 0.717) is 46.2 Å². The summed E-state index contributed by atoms with van der Waals surface area (Å²) in [6.07, 6.45) is 0.925. The maximum absolute atomic E-state index is 12.8. The molecule has 0 unspecified atom stereocenters. The van der Waals surface area contributed by atoms with Gasteiger partial charge in [-0.05, 0) is 43.5 Å². The number of oxazole rings is 1. The lowest BCUT2D eigenvalue weighted by Crippen LogP contribution is -2.30. The molecule has 0 aliphatic carbocycles. The highest BCUT2D eigenvalue weighted by molar-refractivity contribution is 6.33. The molecule has 1 fully saturated rings. The molecule has 1 aliphatic heterocycles. The highest BCUT2D eigenvalue weighted by Gasteiger charge is 2.28. The van der Waals surface area contributed by atoms with E-state index >= 15 is 0 Å². The topological polar surface area (TPSA) is 58.4 Å². The van der Waals surface area contributed by atoms with E-state index in [4.69, 9.17) is 27.6 Å². The summed E-state index contributed by atoms with van der Waals surface area (Å²) in [5.74, 6) is 0.318. The quantitative estimate of drug-likeness (QED) is 0.664. The maximum Gasteiger partial charge on any atom is 0.295 e. The molecule has 140 valence electrons. The van der Waals surface area contributed by atoms with Crippen LogP contribution in [0.3, 0.4) is 0 Å². The van der Waals surface area contributed by atoms with E-state index < -0.39 is 0 Å². The molecule has 2 aromatic carbocycles. The molecule has 2 heterocycles. The number of aryl methyl sites for hydroxylation is 1. The molecule has 5 nitrogen and oxygen atoms in total. The zero-order chi connectivity index (χ0) is 19.0. The summed E-state index contributed by atoms with van der Waals surface area (Å²) in [6.45, 7) is 4.05. The Bertz CT molecular complexity index is 1000. The average molecular weight is 404 g/mol. The van der Waals surface area contributed by atoms with Gasteiger partial charge in [0.15, 0.2) is 5.58 Å². The van der Waals surface area contributed by atoms with Crippen LogP contribution in [0.4, 0.5) is 6.01 Å². The number of hydrogen-bond acceptors (Lipinski definition) is 4. The molecule has 3 aromatic rings. The molecule has 1 amide bonds. The number of carbonyl (C=O) groups excluding carboxylic acids is 1. The van der Waals surface area contributed by atoms with Crippen molar-refractivity contribution < 1.29 is 9.21 Å². The summed E-state index contributed by atoms with van der Waals surface area (Å²) >= 11 is 12.2. The lowest BCUT2D eigenvalue weighted by Gasteiger charge is -2.17. The molecule has 1 atom stereocenters. The van der Waals surface area contributed by atoms with Gasteiger partial charge in [0.2, 0.25) is 0 Å². The minimum Gasteiger partial charge on any atom is -0.424 e. The van der Waals surface area contributed by atoms with E-state index in [-0.39, 0.29) is 5.91 Å². The predicted octanol–water partition coefficient (Wildman–Crippen LogP) is 5.02. The van der Waals surface area contributed by atoms with E-state index in [1.165, 1.54) is 0 Å². The zero-order valence-corrected chi connectivity index (χ0v) is 16.3. The van der Waals surface area contributed by atoms with Crippen LogP contribution in [0, 0.1) is 12.8 Å². The standard InChI is InChI=1S/C20H19Cl2N3O2/c1-12-2-4-16(22)15(8-12)19(26)25-7-6-13(11-25)10-23-20-24-17-5-3-14(21)9-18(17)27-20/h2-5,8-9,13H,6-7,10-11H2,1H3,(H,23,24)/t13-/m1/s1. The van der Waals surface area contributed by atoms with Gasteiger partial charge in [0, 0.05) is 30.7 Å². The van der Waals surface area contributed by atoms with Crippen LogP contribution in [0.15, 0.2) is 40.8 Å². The maximum atomic E-state index is 12.8. The number of rotatable bonds is 4. The summed E-state index contributed by atoms with van der Waals surface area (Å²) < 4.78 is 5.68. The highest BCUT2D eigenvalue weighted by atomic mass is 35.5. The normalized spacial score (nSPS) is 16.9. The monoisotopic (exact) mass is 403 g/mol. The van der Waals surface area contributed by atoms with Crippen molar-refractivity contribution in [3.05, 3.63) is 57.6 Å². The van der Waals surface area contributed by atoms with Crippen molar-refractivity contribution in [2.45, 2.75) is 13.3 Å². The minimum absolute atomic E-state index is 0.0114. The van der Waals surface area contributed by atoms with Crippen LogP contribution >= 0.6 is 23.2 Å². The van der Waals surface area contributed by atoms with Crippen molar-refractivity contribution in [2.75, 3.05) is 25.0 Å². The largest absolute Gasteiger partial charge is 0.424 e. The lowest BCUT2D eigenvalue weighted by molar-refractivity contribution is 0.0788. The van der Waals surface area contributed by atoms with Gasteiger partial charge in [0.25, 0.3) is 11.9 Å². The van der Waals surface area contributed by atoms with Gasteiger partial charge in [0.1, 0.15) is 5.52 Å². The van der Waals surface area contributed by atoms with Crippen LogP contribution in [0.5, 0.6) is 0 Å². The number of aromatic nitrogens is 1. The Morgan fingerprint density at radius 2 is 2.15 bits per heavy atom. The summed E-state index contributed by atoms with van der Waals surface area (Å²) in [7, 11) is 0. The number of nitrogens with one attached hydrogen (secondary N) is 1. The Morgan fingerprint density at radius 1 is 1.30 bits per heavy atom. The Labute approximate surface area is 167 Å². The smallest absolute Gasteiger partial charge is 0.295 e. The van der Waals surface area contributed by atoms with Crippen molar-refractivity contribution in [2.24, 2.45) is 5.92 Å². The number of likely N-dealkylation sites (tertiary alicyclic amines) is 1. The fourth-order valence-corrected chi connectivity index (χ4v) is 3.72. The molecule has 1 saturated heterocycles. The highest BCUT2D eigenvalue weighted by Crippen LogP contribution is 2.25. The van der Waals surface area contributed by atoms with E-state index in [0.717, 1.165) is 24.0 Å². The second-order valence-electron chi connectivity index (χ2n) is 6.90. The summed E-state index contributed by atoms with van der Waals surface area (Å²) in [5, 5.41) is 4.34. The predicted molar refractivity (Wildman–Crippen MR) is 108 cm³/mol. The van der Waals surface area contributed by atoms with Gasteiger partial charge in [-0.25, -0.2) is 0 Å². The number of halogens is 2. The average Bonchev–Trinajstić information content (AvgIpc) is 3.27. The van der Waals surface area contributed by atoms with Gasteiger partial charge in [-0.15, -0.1) is 0 Å². The number of fused-ring (bicyclic) bond motifs is 1. The molecule has 1 N–H and O–H groups in total. The van der Waals surface area contributed by atoms with Crippen molar-refractivity contribution in [3.63, 3.8) is 0 Å². The molecule has 0 saturated carbocycles. The summed E-state index contributed by atoms with van der Waals surface area (Å²) in [5.41, 5.74) is 3.01. The minimum atomic E-state index is -0.0114. The van der Waals surface area contributed by atoms with Gasteiger partial charge in [-0.3, -0.25) is 4.79 Å². The first kappa shape index (κ1) is 18.1. The first-order chi connectivity index (χ1) is 13.0. The third kappa shape index (κ3) is 3.89. The van der Waals surface area contributed by atoms with Crippen LogP contribution in [-0.4, -0.2) is 35.4 Å². The van der Waals surface area contributed by atoms with Gasteiger partial charge in [-0.1, -0.05) is 34.8 Å². The number of amides is 1. The number of hydrogen-bond donors (Lipinski definition) is 1. The zero-order valence-electron chi connectivity index (χ0n) is 14.8. The molecule has 4 rings (SSSR count). The van der Waals surface area contributed by atoms with Gasteiger partial charge < -0.3 is 14.6 Å². The van der Waals surface area contributed by atoms with Crippen molar-refractivity contribution >= 4 is 46.2 Å². The second-order valence-corrected chi connectivity index (χ2v) is 7.74. The van der Waals surface area contributed by atoms with E-state index in [2.05, 4.69) is 10.3 Å². The van der Waals surface area contributed by atoms with Crippen LogP contribution in [0.1, 0.15) is 22.3 Å². The molecule has 0 bridgehead atoms. The Balaban J connectivity index is 1.37. The molecule has 1 aliphatic rings. The molecule has 27 heavy (non-hydrogen) atoms. The summed E-state index contributed by atoms with van der Waals surface area (Å²) in [6, 6.07) is 11.4. The molecule has 0 spiro atoms. The van der Waals surface area contributed by atoms with Gasteiger partial charge in [0.05, 0.1) is 10.6 Å². The van der Waals surface area contributed by atoms with Crippen molar-refractivity contribution in [1.82, 2.24) is 9.88 Å².